The Labute approximate surface area is 112 Å². The molecule has 1 heterocycles. The van der Waals surface area contributed by atoms with E-state index in [-0.39, 0.29) is 23.9 Å². The van der Waals surface area contributed by atoms with E-state index in [1.807, 2.05) is 6.92 Å². The molecule has 0 aromatic heterocycles. The molecule has 0 aliphatic carbocycles. The first-order valence-electron chi connectivity index (χ1n) is 6.12. The molecule has 0 amide bonds. The zero-order valence-electron chi connectivity index (χ0n) is 10.9. The second kappa shape index (κ2) is 4.94. The topological polar surface area (TPSA) is 74.7 Å². The Morgan fingerprint density at radius 1 is 1.26 bits per heavy atom. The molecule has 104 valence electrons. The Hall–Kier alpha value is -1.40. The van der Waals surface area contributed by atoms with Crippen LogP contribution >= 0.6 is 0 Å². The Bertz CT molecular complexity index is 579. The Kier molecular flexibility index (Phi) is 3.64. The number of hydrogen-bond donors (Lipinski definition) is 1. The molecule has 19 heavy (non-hydrogen) atoms. The zero-order chi connectivity index (χ0) is 14.2. The maximum atomic E-state index is 12.4. The van der Waals surface area contributed by atoms with Crippen molar-refractivity contribution in [2.24, 2.45) is 11.8 Å². The van der Waals surface area contributed by atoms with E-state index in [0.29, 0.717) is 0 Å². The van der Waals surface area contributed by atoms with E-state index in [0.717, 1.165) is 5.56 Å². The summed E-state index contributed by atoms with van der Waals surface area (Å²) in [7, 11) is -3.58. The van der Waals surface area contributed by atoms with Crippen LogP contribution in [-0.4, -0.2) is 36.9 Å². The molecule has 0 spiro atoms. The minimum absolute atomic E-state index is 0.0483. The van der Waals surface area contributed by atoms with E-state index < -0.39 is 21.9 Å². The van der Waals surface area contributed by atoms with Crippen molar-refractivity contribution in [3.63, 3.8) is 0 Å². The van der Waals surface area contributed by atoms with Gasteiger partial charge in [-0.2, -0.15) is 4.31 Å². The van der Waals surface area contributed by atoms with Gasteiger partial charge in [0, 0.05) is 13.1 Å². The molecule has 1 aliphatic rings. The molecule has 1 aromatic rings. The fourth-order valence-corrected chi connectivity index (χ4v) is 3.87. The van der Waals surface area contributed by atoms with Crippen molar-refractivity contribution in [1.29, 1.82) is 0 Å². The van der Waals surface area contributed by atoms with Crippen LogP contribution in [0.3, 0.4) is 0 Å². The maximum Gasteiger partial charge on any atom is 0.308 e. The normalized spacial score (nSPS) is 24.5. The summed E-state index contributed by atoms with van der Waals surface area (Å²) < 4.78 is 26.0. The number of carbonyl (C=O) groups is 1. The summed E-state index contributed by atoms with van der Waals surface area (Å²) in [6.45, 7) is 3.96. The van der Waals surface area contributed by atoms with E-state index in [2.05, 4.69) is 0 Å². The van der Waals surface area contributed by atoms with Gasteiger partial charge < -0.3 is 5.11 Å². The number of rotatable bonds is 3. The van der Waals surface area contributed by atoms with E-state index in [9.17, 15) is 13.2 Å². The molecule has 2 unspecified atom stereocenters. The third-order valence-corrected chi connectivity index (χ3v) is 5.40. The lowest BCUT2D eigenvalue weighted by atomic mass is 9.99. The number of sulfonamides is 1. The fourth-order valence-electron chi connectivity index (χ4n) is 2.30. The summed E-state index contributed by atoms with van der Waals surface area (Å²) >= 11 is 0. The van der Waals surface area contributed by atoms with Crippen molar-refractivity contribution in [3.8, 4) is 0 Å². The first kappa shape index (κ1) is 14.0. The highest BCUT2D eigenvalue weighted by molar-refractivity contribution is 7.89. The number of carboxylic acid groups (broad SMARTS) is 1. The van der Waals surface area contributed by atoms with Gasteiger partial charge in [0.25, 0.3) is 0 Å². The molecule has 1 aliphatic heterocycles. The Morgan fingerprint density at radius 2 is 1.84 bits per heavy atom. The molecule has 1 fully saturated rings. The molecule has 2 atom stereocenters. The molecule has 6 heteroatoms. The maximum absolute atomic E-state index is 12.4. The summed E-state index contributed by atoms with van der Waals surface area (Å²) in [4.78, 5) is 11.3. The molecule has 1 saturated heterocycles. The van der Waals surface area contributed by atoms with E-state index in [1.54, 1.807) is 31.2 Å². The van der Waals surface area contributed by atoms with Crippen LogP contribution in [0.1, 0.15) is 12.5 Å². The highest BCUT2D eigenvalue weighted by atomic mass is 32.2. The van der Waals surface area contributed by atoms with Crippen molar-refractivity contribution in [2.75, 3.05) is 13.1 Å². The third-order valence-electron chi connectivity index (χ3n) is 3.55. The zero-order valence-corrected chi connectivity index (χ0v) is 11.7. The number of aliphatic carboxylic acids is 1. The first-order valence-corrected chi connectivity index (χ1v) is 7.56. The van der Waals surface area contributed by atoms with Gasteiger partial charge in [0.05, 0.1) is 10.8 Å². The predicted octanol–water partition coefficient (Wildman–Crippen LogP) is 1.34. The van der Waals surface area contributed by atoms with Gasteiger partial charge >= 0.3 is 5.97 Å². The lowest BCUT2D eigenvalue weighted by Gasteiger charge is -2.16. The van der Waals surface area contributed by atoms with Gasteiger partial charge in [0.15, 0.2) is 0 Å². The summed E-state index contributed by atoms with van der Waals surface area (Å²) in [5.41, 5.74) is 0.983. The highest BCUT2D eigenvalue weighted by Gasteiger charge is 2.40. The van der Waals surface area contributed by atoms with Crippen LogP contribution in [0.25, 0.3) is 0 Å². The molecule has 1 aromatic carbocycles. The molecule has 0 radical (unpaired) electrons. The molecular formula is C13H17NO4S. The number of carboxylic acids is 1. The first-order chi connectivity index (χ1) is 8.82. The molecule has 0 bridgehead atoms. The van der Waals surface area contributed by atoms with Crippen molar-refractivity contribution < 1.29 is 18.3 Å². The smallest absolute Gasteiger partial charge is 0.308 e. The average molecular weight is 283 g/mol. The molecular weight excluding hydrogens is 266 g/mol. The summed E-state index contributed by atoms with van der Waals surface area (Å²) in [6.07, 6.45) is 0. The summed E-state index contributed by atoms with van der Waals surface area (Å²) in [6, 6.07) is 6.59. The van der Waals surface area contributed by atoms with Gasteiger partial charge in [-0.05, 0) is 25.0 Å². The highest BCUT2D eigenvalue weighted by Crippen LogP contribution is 2.28. The van der Waals surface area contributed by atoms with Crippen LogP contribution in [-0.2, 0) is 14.8 Å². The van der Waals surface area contributed by atoms with Gasteiger partial charge in [-0.25, -0.2) is 8.42 Å². The van der Waals surface area contributed by atoms with Gasteiger partial charge in [-0.3, -0.25) is 4.79 Å². The molecule has 1 N–H and O–H groups in total. The summed E-state index contributed by atoms with van der Waals surface area (Å²) in [5, 5.41) is 9.05. The van der Waals surface area contributed by atoms with E-state index >= 15 is 0 Å². The largest absolute Gasteiger partial charge is 0.481 e. The molecule has 2 rings (SSSR count). The minimum Gasteiger partial charge on any atom is -0.481 e. The van der Waals surface area contributed by atoms with Gasteiger partial charge in [0.2, 0.25) is 10.0 Å². The van der Waals surface area contributed by atoms with Crippen molar-refractivity contribution in [2.45, 2.75) is 18.7 Å². The van der Waals surface area contributed by atoms with E-state index in [1.165, 1.54) is 4.31 Å². The van der Waals surface area contributed by atoms with Crippen LogP contribution in [0, 0.1) is 18.8 Å². The predicted molar refractivity (Wildman–Crippen MR) is 70.2 cm³/mol. The minimum atomic E-state index is -3.58. The lowest BCUT2D eigenvalue weighted by molar-refractivity contribution is -0.142. The van der Waals surface area contributed by atoms with Crippen LogP contribution in [0.5, 0.6) is 0 Å². The van der Waals surface area contributed by atoms with Gasteiger partial charge in [-0.15, -0.1) is 0 Å². The van der Waals surface area contributed by atoms with Crippen molar-refractivity contribution in [1.82, 2.24) is 4.31 Å². The van der Waals surface area contributed by atoms with Crippen LogP contribution in [0.4, 0.5) is 0 Å². The van der Waals surface area contributed by atoms with Crippen molar-refractivity contribution in [3.05, 3.63) is 29.8 Å². The number of benzene rings is 1. The number of nitrogens with zero attached hydrogens (tertiary/aromatic N) is 1. The monoisotopic (exact) mass is 283 g/mol. The average Bonchev–Trinajstić information content (AvgIpc) is 2.72. The SMILES string of the molecule is Cc1ccc(S(=O)(=O)N2CC(C)C(C(=O)O)C2)cc1. The third kappa shape index (κ3) is 2.64. The molecule has 0 saturated carbocycles. The van der Waals surface area contributed by atoms with Gasteiger partial charge in [-0.1, -0.05) is 24.6 Å². The number of aryl methyl sites for hydroxylation is 1. The lowest BCUT2D eigenvalue weighted by Crippen LogP contribution is -2.30. The van der Waals surface area contributed by atoms with E-state index in [4.69, 9.17) is 5.11 Å². The van der Waals surface area contributed by atoms with Crippen LogP contribution < -0.4 is 0 Å². The van der Waals surface area contributed by atoms with Crippen LogP contribution in [0.2, 0.25) is 0 Å². The standard InChI is InChI=1S/C13H17NO4S/c1-9-3-5-11(6-4-9)19(17,18)14-7-10(2)12(8-14)13(15)16/h3-6,10,12H,7-8H2,1-2H3,(H,15,16). The quantitative estimate of drug-likeness (QED) is 0.908. The second-order valence-corrected chi connectivity index (χ2v) is 7.00. The molecule has 5 nitrogen and oxygen atoms in total. The van der Waals surface area contributed by atoms with Gasteiger partial charge in [0.1, 0.15) is 0 Å². The Morgan fingerprint density at radius 3 is 2.32 bits per heavy atom. The number of hydrogen-bond acceptors (Lipinski definition) is 3. The second-order valence-electron chi connectivity index (χ2n) is 5.06. The fraction of sp³-hybridized carbons (Fsp3) is 0.462. The summed E-state index contributed by atoms with van der Waals surface area (Å²) in [5.74, 6) is -1.73. The van der Waals surface area contributed by atoms with Crippen LogP contribution in [0.15, 0.2) is 29.2 Å². The van der Waals surface area contributed by atoms with Crippen molar-refractivity contribution >= 4 is 16.0 Å². The Balaban J connectivity index is 2.27.